The Balaban J connectivity index is 1.74. The number of nitrogens with zero attached hydrogens (tertiary/aromatic N) is 5. The van der Waals surface area contributed by atoms with Crippen LogP contribution in [0.15, 0.2) is 42.7 Å². The van der Waals surface area contributed by atoms with Crippen molar-refractivity contribution >= 4 is 55.6 Å². The minimum absolute atomic E-state index is 0.00509. The van der Waals surface area contributed by atoms with E-state index in [1.54, 1.807) is 30.6 Å². The van der Waals surface area contributed by atoms with Crippen molar-refractivity contribution in [3.63, 3.8) is 0 Å². The molecule has 0 aliphatic heterocycles. The fraction of sp³-hybridized carbons (Fsp3) is 0.0625. The average Bonchev–Trinajstić information content (AvgIpc) is 3.31. The van der Waals surface area contributed by atoms with Crippen molar-refractivity contribution in [1.29, 1.82) is 0 Å². The van der Waals surface area contributed by atoms with Gasteiger partial charge in [0.25, 0.3) is 5.95 Å². The first kappa shape index (κ1) is 17.7. The number of aromatic nitrogens is 4. The molecule has 1 N–H and O–H groups in total. The quantitative estimate of drug-likeness (QED) is 0.370. The number of benzene rings is 1. The van der Waals surface area contributed by atoms with E-state index in [0.717, 1.165) is 16.9 Å². The van der Waals surface area contributed by atoms with E-state index in [2.05, 4.69) is 20.4 Å². The van der Waals surface area contributed by atoms with Gasteiger partial charge in [-0.15, -0.1) is 0 Å². The Labute approximate surface area is 166 Å². The zero-order valence-corrected chi connectivity index (χ0v) is 15.8. The van der Waals surface area contributed by atoms with Gasteiger partial charge in [0.1, 0.15) is 10.6 Å². The Hall–Kier alpha value is -2.75. The molecule has 0 aliphatic rings. The van der Waals surface area contributed by atoms with Gasteiger partial charge in [-0.2, -0.15) is 15.1 Å². The second-order valence-electron chi connectivity index (χ2n) is 5.49. The molecule has 0 bridgehead atoms. The highest BCUT2D eigenvalue weighted by atomic mass is 35.5. The number of nitrogens with one attached hydrogen (secondary N) is 1. The van der Waals surface area contributed by atoms with Gasteiger partial charge < -0.3 is 5.32 Å². The molecule has 11 heteroatoms. The molecule has 0 fully saturated rings. The molecule has 3 aromatic heterocycles. The van der Waals surface area contributed by atoms with Crippen LogP contribution in [-0.2, 0) is 6.54 Å². The fourth-order valence-corrected chi connectivity index (χ4v) is 3.61. The number of thiophene rings is 1. The first-order valence-electron chi connectivity index (χ1n) is 7.65. The monoisotopic (exact) mass is 420 g/mol. The highest BCUT2D eigenvalue weighted by Crippen LogP contribution is 2.34. The number of fused-ring (bicyclic) bond motifs is 1. The van der Waals surface area contributed by atoms with Gasteiger partial charge >= 0.3 is 5.00 Å². The Kier molecular flexibility index (Phi) is 4.65. The molecule has 27 heavy (non-hydrogen) atoms. The van der Waals surface area contributed by atoms with Gasteiger partial charge in [-0.3, -0.25) is 10.1 Å². The number of hydrogen-bond acceptors (Lipinski definition) is 7. The Morgan fingerprint density at radius 1 is 1.22 bits per heavy atom. The summed E-state index contributed by atoms with van der Waals surface area (Å²) in [7, 11) is 0. The fourth-order valence-electron chi connectivity index (χ4n) is 2.45. The summed E-state index contributed by atoms with van der Waals surface area (Å²) in [5.74, 6) is 0.793. The van der Waals surface area contributed by atoms with Gasteiger partial charge in [0.2, 0.25) is 0 Å². The number of hydrogen-bond donors (Lipinski definition) is 1. The molecule has 0 saturated carbocycles. The number of halogens is 2. The summed E-state index contributed by atoms with van der Waals surface area (Å²) >= 11 is 13.0. The molecule has 0 amide bonds. The lowest BCUT2D eigenvalue weighted by Crippen LogP contribution is -2.07. The van der Waals surface area contributed by atoms with E-state index in [9.17, 15) is 10.1 Å². The zero-order valence-electron chi connectivity index (χ0n) is 13.5. The normalized spacial score (nSPS) is 11.0. The summed E-state index contributed by atoms with van der Waals surface area (Å²) in [6.07, 6.45) is 3.30. The van der Waals surface area contributed by atoms with Gasteiger partial charge in [-0.25, -0.2) is 4.68 Å². The van der Waals surface area contributed by atoms with Crippen LogP contribution in [0.1, 0.15) is 5.56 Å². The second-order valence-corrected chi connectivity index (χ2v) is 7.31. The molecular weight excluding hydrogens is 411 g/mol. The lowest BCUT2D eigenvalue weighted by atomic mass is 10.2. The molecular formula is C16H10Cl2N6O2S. The van der Waals surface area contributed by atoms with Crippen molar-refractivity contribution < 1.29 is 4.92 Å². The highest BCUT2D eigenvalue weighted by molar-refractivity contribution is 7.21. The number of anilines is 1. The number of rotatable bonds is 5. The van der Waals surface area contributed by atoms with E-state index in [4.69, 9.17) is 23.2 Å². The van der Waals surface area contributed by atoms with Crippen molar-refractivity contribution in [2.24, 2.45) is 0 Å². The summed E-state index contributed by atoms with van der Waals surface area (Å²) in [5.41, 5.74) is 0.890. The molecule has 1 aromatic carbocycles. The molecule has 3 heterocycles. The first-order valence-corrected chi connectivity index (χ1v) is 9.22. The van der Waals surface area contributed by atoms with Crippen LogP contribution in [-0.4, -0.2) is 24.7 Å². The minimum atomic E-state index is -0.442. The van der Waals surface area contributed by atoms with Crippen LogP contribution in [0.5, 0.6) is 0 Å². The smallest absolute Gasteiger partial charge is 0.326 e. The Morgan fingerprint density at radius 2 is 2.07 bits per heavy atom. The third-order valence-electron chi connectivity index (χ3n) is 3.70. The Bertz CT molecular complexity index is 1150. The average molecular weight is 421 g/mol. The molecule has 8 nitrogen and oxygen atoms in total. The maximum Gasteiger partial charge on any atom is 0.326 e. The molecule has 0 unspecified atom stereocenters. The summed E-state index contributed by atoms with van der Waals surface area (Å²) in [5, 5.41) is 20.0. The van der Waals surface area contributed by atoms with Crippen LogP contribution in [0.4, 0.5) is 10.8 Å². The SMILES string of the molecule is O=[N+]([O-])c1cc2c(NCc3ccc(Cl)c(Cl)c3)nc(-n3cccn3)nc2s1. The highest BCUT2D eigenvalue weighted by Gasteiger charge is 2.18. The molecule has 0 atom stereocenters. The van der Waals surface area contributed by atoms with E-state index in [1.807, 2.05) is 6.07 Å². The van der Waals surface area contributed by atoms with Crippen LogP contribution in [0.3, 0.4) is 0 Å². The zero-order chi connectivity index (χ0) is 19.0. The Morgan fingerprint density at radius 3 is 2.78 bits per heavy atom. The van der Waals surface area contributed by atoms with E-state index in [-0.39, 0.29) is 5.00 Å². The van der Waals surface area contributed by atoms with Gasteiger partial charge in [0.05, 0.1) is 20.4 Å². The largest absolute Gasteiger partial charge is 0.365 e. The first-order chi connectivity index (χ1) is 13.0. The van der Waals surface area contributed by atoms with E-state index in [0.29, 0.717) is 38.6 Å². The third kappa shape index (κ3) is 3.57. The molecule has 4 rings (SSSR count). The standard InChI is InChI=1S/C16H10Cl2N6O2S/c17-11-3-2-9(6-12(11)18)8-19-14-10-7-13(24(25)26)27-15(10)22-16(21-14)23-5-1-4-20-23/h1-7H,8H2,(H,19,21,22). The molecule has 0 spiro atoms. The molecule has 0 aliphatic carbocycles. The second kappa shape index (κ2) is 7.10. The lowest BCUT2D eigenvalue weighted by molar-refractivity contribution is -0.380. The van der Waals surface area contributed by atoms with Crippen LogP contribution in [0.2, 0.25) is 10.0 Å². The van der Waals surface area contributed by atoms with E-state index >= 15 is 0 Å². The molecule has 136 valence electrons. The van der Waals surface area contributed by atoms with Gasteiger partial charge in [-0.05, 0) is 35.1 Å². The predicted octanol–water partition coefficient (Wildman–Crippen LogP) is 4.70. The summed E-state index contributed by atoms with van der Waals surface area (Å²) in [6, 6.07) is 8.50. The van der Waals surface area contributed by atoms with Crippen molar-refractivity contribution in [3.05, 3.63) is 68.4 Å². The summed E-state index contributed by atoms with van der Waals surface area (Å²) in [4.78, 5) is 20.1. The van der Waals surface area contributed by atoms with Crippen LogP contribution in [0, 0.1) is 10.1 Å². The minimum Gasteiger partial charge on any atom is -0.365 e. The van der Waals surface area contributed by atoms with Gasteiger partial charge in [0, 0.05) is 25.0 Å². The van der Waals surface area contributed by atoms with Crippen molar-refractivity contribution in [3.8, 4) is 5.95 Å². The molecule has 0 saturated heterocycles. The maximum absolute atomic E-state index is 11.1. The van der Waals surface area contributed by atoms with E-state index < -0.39 is 4.92 Å². The summed E-state index contributed by atoms with van der Waals surface area (Å²) in [6.45, 7) is 0.408. The van der Waals surface area contributed by atoms with Crippen LogP contribution >= 0.6 is 34.5 Å². The van der Waals surface area contributed by atoms with Crippen LogP contribution < -0.4 is 5.32 Å². The van der Waals surface area contributed by atoms with Crippen molar-refractivity contribution in [1.82, 2.24) is 19.7 Å². The lowest BCUT2D eigenvalue weighted by Gasteiger charge is -2.09. The topological polar surface area (TPSA) is 98.8 Å². The van der Waals surface area contributed by atoms with Crippen LogP contribution in [0.25, 0.3) is 16.2 Å². The maximum atomic E-state index is 11.1. The predicted molar refractivity (Wildman–Crippen MR) is 105 cm³/mol. The summed E-state index contributed by atoms with van der Waals surface area (Å²) < 4.78 is 1.50. The third-order valence-corrected chi connectivity index (χ3v) is 5.42. The van der Waals surface area contributed by atoms with Crippen molar-refractivity contribution in [2.75, 3.05) is 5.32 Å². The molecule has 0 radical (unpaired) electrons. The van der Waals surface area contributed by atoms with Crippen molar-refractivity contribution in [2.45, 2.75) is 6.54 Å². The van der Waals surface area contributed by atoms with Gasteiger partial charge in [-0.1, -0.05) is 29.3 Å². The number of nitro groups is 1. The molecule has 4 aromatic rings. The van der Waals surface area contributed by atoms with Gasteiger partial charge in [0.15, 0.2) is 0 Å². The van der Waals surface area contributed by atoms with E-state index in [1.165, 1.54) is 10.7 Å².